The maximum Gasteiger partial charge on any atom is 0.303 e. The van der Waals surface area contributed by atoms with Gasteiger partial charge in [-0.15, -0.1) is 0 Å². The summed E-state index contributed by atoms with van der Waals surface area (Å²) in [6.45, 7) is 1.91. The molecular weight excluding hydrogens is 671 g/mol. The van der Waals surface area contributed by atoms with Crippen LogP contribution in [0, 0.1) is 11.8 Å². The summed E-state index contributed by atoms with van der Waals surface area (Å²) in [4.78, 5) is 30.8. The van der Waals surface area contributed by atoms with Crippen molar-refractivity contribution < 1.29 is 31.9 Å². The second kappa shape index (κ2) is 13.8. The van der Waals surface area contributed by atoms with Crippen molar-refractivity contribution in [2.45, 2.75) is 62.1 Å². The van der Waals surface area contributed by atoms with Crippen LogP contribution in [0.2, 0.25) is 5.02 Å². The van der Waals surface area contributed by atoms with Gasteiger partial charge in [0.2, 0.25) is 11.6 Å². The van der Waals surface area contributed by atoms with Crippen molar-refractivity contribution >= 4 is 39.3 Å². The molecule has 2 aliphatic carbocycles. The van der Waals surface area contributed by atoms with Gasteiger partial charge in [0, 0.05) is 63.9 Å². The minimum Gasteiger partial charge on any atom is -0.490 e. The summed E-state index contributed by atoms with van der Waals surface area (Å²) in [6.07, 6.45) is 8.33. The second-order valence-electron chi connectivity index (χ2n) is 14.2. The smallest absolute Gasteiger partial charge is 0.303 e. The Hall–Kier alpha value is -3.19. The molecule has 2 aliphatic heterocycles. The highest BCUT2D eigenvalue weighted by Crippen LogP contribution is 2.48. The highest BCUT2D eigenvalue weighted by atomic mass is 35.5. The number of benzene rings is 2. The van der Waals surface area contributed by atoms with Crippen molar-refractivity contribution in [1.82, 2.24) is 13.9 Å². The molecule has 49 heavy (non-hydrogen) atoms. The Kier molecular flexibility index (Phi) is 10.1. The predicted octanol–water partition coefficient (Wildman–Crippen LogP) is 4.75. The van der Waals surface area contributed by atoms with E-state index in [1.54, 1.807) is 26.3 Å². The number of halogens is 2. The van der Waals surface area contributed by atoms with Gasteiger partial charge in [-0.3, -0.25) is 9.59 Å². The Morgan fingerprint density at radius 1 is 1.18 bits per heavy atom. The maximum absolute atomic E-state index is 17.5. The highest BCUT2D eigenvalue weighted by molar-refractivity contribution is 7.87. The number of alkyl halides is 1. The molecule has 10 nitrogen and oxygen atoms in total. The van der Waals surface area contributed by atoms with Gasteiger partial charge in [0.1, 0.15) is 5.75 Å². The number of ether oxygens (including phenoxy) is 2. The molecule has 0 radical (unpaired) electrons. The summed E-state index contributed by atoms with van der Waals surface area (Å²) in [6, 6.07) is 10.7. The molecule has 2 amide bonds. The summed E-state index contributed by atoms with van der Waals surface area (Å²) in [5, 5.41) is 0.688. The third-order valence-corrected chi connectivity index (χ3v) is 12.6. The molecular formula is C36H46ClFN4O6S. The third-order valence-electron chi connectivity index (χ3n) is 11.0. The number of nitrogens with one attached hydrogen (secondary N) is 1. The lowest BCUT2D eigenvalue weighted by molar-refractivity contribution is -0.141. The van der Waals surface area contributed by atoms with Crippen molar-refractivity contribution in [2.75, 3.05) is 59.4 Å². The monoisotopic (exact) mass is 716 g/mol. The van der Waals surface area contributed by atoms with Crippen LogP contribution in [-0.2, 0) is 42.0 Å². The number of fused-ring (bicyclic) bond motifs is 4. The van der Waals surface area contributed by atoms with Gasteiger partial charge in [-0.25, -0.2) is 9.11 Å². The van der Waals surface area contributed by atoms with Crippen LogP contribution in [0.1, 0.15) is 55.2 Å². The van der Waals surface area contributed by atoms with Gasteiger partial charge in [0.25, 0.3) is 5.91 Å². The Balaban J connectivity index is 1.48. The van der Waals surface area contributed by atoms with Gasteiger partial charge in [-0.1, -0.05) is 35.9 Å². The van der Waals surface area contributed by atoms with Crippen LogP contribution < -0.4 is 14.4 Å². The number of carbonyl (C=O) groups excluding carboxylic acids is 2. The van der Waals surface area contributed by atoms with Gasteiger partial charge in [-0.2, -0.15) is 12.7 Å². The first kappa shape index (κ1) is 35.6. The average molecular weight is 717 g/mol. The van der Waals surface area contributed by atoms with E-state index in [0.29, 0.717) is 42.6 Å². The summed E-state index contributed by atoms with van der Waals surface area (Å²) < 4.78 is 58.1. The maximum atomic E-state index is 17.5. The van der Waals surface area contributed by atoms with Crippen LogP contribution in [0.5, 0.6) is 5.75 Å². The molecule has 1 spiro atoms. The van der Waals surface area contributed by atoms with E-state index in [9.17, 15) is 18.0 Å². The van der Waals surface area contributed by atoms with Crippen LogP contribution in [0.25, 0.3) is 0 Å². The van der Waals surface area contributed by atoms with E-state index >= 15 is 4.39 Å². The summed E-state index contributed by atoms with van der Waals surface area (Å²) in [5.74, 6) is -0.992. The summed E-state index contributed by atoms with van der Waals surface area (Å²) in [5.41, 5.74) is -0.511. The first-order valence-corrected chi connectivity index (χ1v) is 18.8. The standard InChI is InChI=1S/C36H46ClFN4O6S/c1-40(2)49(45,46)39-34(44)36(38)20-33(43)41(3)17-6-5-9-31(47-4)28-13-10-25(28)21-42-22-35(23-48-32-15-11-26(36)19-30(32)42)16-7-8-24-18-27(37)12-14-29(24)35/h5,9,11-12,14-15,18-19,25,28,31H,6-8,10,13,16-17,20-23H2,1-4H3,(H,39,44)/b9-5+/t25-,28+,31-,35-,36-/m0/s1. The Bertz CT molecular complexity index is 1740. The quantitative estimate of drug-likeness (QED) is 0.456. The molecule has 13 heteroatoms. The molecule has 6 rings (SSSR count). The van der Waals surface area contributed by atoms with E-state index in [-0.39, 0.29) is 35.5 Å². The van der Waals surface area contributed by atoms with Crippen LogP contribution in [0.15, 0.2) is 48.6 Å². The van der Waals surface area contributed by atoms with E-state index in [4.69, 9.17) is 21.1 Å². The summed E-state index contributed by atoms with van der Waals surface area (Å²) in [7, 11) is 1.38. The zero-order valence-corrected chi connectivity index (χ0v) is 30.2. The molecule has 266 valence electrons. The van der Waals surface area contributed by atoms with Crippen LogP contribution in [-0.4, -0.2) is 90.0 Å². The zero-order chi connectivity index (χ0) is 35.1. The lowest BCUT2D eigenvalue weighted by Gasteiger charge is -2.46. The molecule has 1 fully saturated rings. The van der Waals surface area contributed by atoms with Crippen molar-refractivity contribution in [3.8, 4) is 5.75 Å². The lowest BCUT2D eigenvalue weighted by atomic mass is 9.68. The number of nitrogens with zero attached hydrogens (tertiary/aromatic N) is 3. The van der Waals surface area contributed by atoms with Crippen LogP contribution in [0.4, 0.5) is 10.1 Å². The molecule has 0 aromatic heterocycles. The number of rotatable bonds is 4. The molecule has 1 saturated carbocycles. The van der Waals surface area contributed by atoms with E-state index in [0.717, 1.165) is 36.4 Å². The van der Waals surface area contributed by atoms with Gasteiger partial charge in [-0.05, 0) is 85.8 Å². The lowest BCUT2D eigenvalue weighted by Crippen LogP contribution is -2.50. The largest absolute Gasteiger partial charge is 0.490 e. The third kappa shape index (κ3) is 6.94. The highest BCUT2D eigenvalue weighted by Gasteiger charge is 2.48. The number of aryl methyl sites for hydroxylation is 1. The first-order chi connectivity index (χ1) is 23.3. The Labute approximate surface area is 293 Å². The normalized spacial score (nSPS) is 29.7. The number of anilines is 1. The van der Waals surface area contributed by atoms with Crippen molar-refractivity contribution in [3.05, 3.63) is 70.3 Å². The molecule has 5 atom stereocenters. The van der Waals surface area contributed by atoms with E-state index in [2.05, 4.69) is 17.0 Å². The molecule has 2 aromatic rings. The first-order valence-electron chi connectivity index (χ1n) is 16.9. The SMILES string of the molecule is CO[C@H]1/C=C/CCN(C)C(=O)C[C@@](F)(C(=O)NS(=O)(=O)N(C)C)c2ccc3c(c2)N(C[C@@H]2CC[C@H]21)C[C@@]1(CCCc2cc(Cl)ccc21)CO3. The number of amides is 2. The van der Waals surface area contributed by atoms with Crippen molar-refractivity contribution in [1.29, 1.82) is 0 Å². The fraction of sp³-hybridized carbons (Fsp3) is 0.556. The van der Waals surface area contributed by atoms with Crippen LogP contribution >= 0.6 is 11.6 Å². The minimum absolute atomic E-state index is 0.0889. The molecule has 2 heterocycles. The van der Waals surface area contributed by atoms with Gasteiger partial charge in [0.15, 0.2) is 0 Å². The summed E-state index contributed by atoms with van der Waals surface area (Å²) >= 11 is 6.43. The number of hydrogen-bond acceptors (Lipinski definition) is 7. The van der Waals surface area contributed by atoms with Gasteiger partial charge < -0.3 is 19.3 Å². The zero-order valence-electron chi connectivity index (χ0n) is 28.6. The molecule has 4 aliphatic rings. The molecule has 2 bridgehead atoms. The second-order valence-corrected chi connectivity index (χ2v) is 16.5. The number of carbonyl (C=O) groups is 2. The minimum atomic E-state index is -4.36. The molecule has 2 aromatic carbocycles. The number of hydrogen-bond donors (Lipinski definition) is 1. The van der Waals surface area contributed by atoms with Crippen LogP contribution in [0.3, 0.4) is 0 Å². The predicted molar refractivity (Wildman–Crippen MR) is 187 cm³/mol. The fourth-order valence-corrected chi connectivity index (χ4v) is 8.64. The van der Waals surface area contributed by atoms with Crippen molar-refractivity contribution in [2.24, 2.45) is 11.8 Å². The van der Waals surface area contributed by atoms with Gasteiger partial charge in [0.05, 0.1) is 24.8 Å². The molecule has 0 saturated heterocycles. The Morgan fingerprint density at radius 3 is 2.69 bits per heavy atom. The molecule has 0 unspecified atom stereocenters. The van der Waals surface area contributed by atoms with E-state index in [1.165, 1.54) is 36.2 Å². The Morgan fingerprint density at radius 2 is 1.98 bits per heavy atom. The molecule has 1 N–H and O–H groups in total. The van der Waals surface area contributed by atoms with E-state index < -0.39 is 34.1 Å². The fourth-order valence-electron chi connectivity index (χ4n) is 7.86. The van der Waals surface area contributed by atoms with Crippen molar-refractivity contribution in [3.63, 3.8) is 0 Å². The van der Waals surface area contributed by atoms with E-state index in [1.807, 2.05) is 22.9 Å². The number of methoxy groups -OCH3 is 1. The van der Waals surface area contributed by atoms with Gasteiger partial charge >= 0.3 is 10.2 Å². The average Bonchev–Trinajstić information content (AvgIpc) is 3.20. The topological polar surface area (TPSA) is 108 Å².